The van der Waals surface area contributed by atoms with Crippen LogP contribution in [0.1, 0.15) is 6.92 Å². The average Bonchev–Trinajstić information content (AvgIpc) is 2.53. The highest BCUT2D eigenvalue weighted by Crippen LogP contribution is 2.28. The molecule has 21 heavy (non-hydrogen) atoms. The molecule has 0 aromatic heterocycles. The van der Waals surface area contributed by atoms with Gasteiger partial charge in [0.1, 0.15) is 5.75 Å². The lowest BCUT2D eigenvalue weighted by molar-refractivity contribution is 0.0724. The van der Waals surface area contributed by atoms with Gasteiger partial charge >= 0.3 is 0 Å². The minimum Gasteiger partial charge on any atom is -0.492 e. The topological polar surface area (TPSA) is 45.2 Å². The number of hydrogen-bond acceptors (Lipinski definition) is 5. The lowest BCUT2D eigenvalue weighted by atomic mass is 10.2. The molecule has 5 nitrogen and oxygen atoms in total. The van der Waals surface area contributed by atoms with E-state index in [-0.39, 0.29) is 6.61 Å². The van der Waals surface area contributed by atoms with Crippen molar-refractivity contribution in [2.75, 3.05) is 64.1 Å². The number of piperazine rings is 1. The Balaban J connectivity index is 1.81. The molecule has 1 aliphatic heterocycles. The number of para-hydroxylation sites is 2. The van der Waals surface area contributed by atoms with E-state index >= 15 is 0 Å². The van der Waals surface area contributed by atoms with Crippen LogP contribution in [0.2, 0.25) is 0 Å². The number of hydrogen-bond donors (Lipinski definition) is 1. The van der Waals surface area contributed by atoms with E-state index in [1.807, 2.05) is 19.1 Å². The molecule has 1 saturated heterocycles. The van der Waals surface area contributed by atoms with Crippen molar-refractivity contribution in [2.45, 2.75) is 6.92 Å². The zero-order valence-corrected chi connectivity index (χ0v) is 12.8. The third-order valence-electron chi connectivity index (χ3n) is 3.67. The Bertz CT molecular complexity index is 406. The largest absolute Gasteiger partial charge is 0.492 e. The van der Waals surface area contributed by atoms with E-state index < -0.39 is 0 Å². The molecule has 1 aromatic carbocycles. The van der Waals surface area contributed by atoms with Gasteiger partial charge < -0.3 is 19.5 Å². The summed E-state index contributed by atoms with van der Waals surface area (Å²) in [5.41, 5.74) is 1.19. The van der Waals surface area contributed by atoms with Crippen molar-refractivity contribution in [3.8, 4) is 5.75 Å². The van der Waals surface area contributed by atoms with E-state index in [2.05, 4.69) is 21.9 Å². The average molecular weight is 294 g/mol. The third kappa shape index (κ3) is 4.88. The first kappa shape index (κ1) is 16.1. The van der Waals surface area contributed by atoms with Gasteiger partial charge in [-0.3, -0.25) is 4.90 Å². The van der Waals surface area contributed by atoms with E-state index in [0.29, 0.717) is 19.8 Å². The second kappa shape index (κ2) is 8.87. The van der Waals surface area contributed by atoms with Gasteiger partial charge in [-0.1, -0.05) is 12.1 Å². The monoisotopic (exact) mass is 294 g/mol. The van der Waals surface area contributed by atoms with Gasteiger partial charge in [-0.15, -0.1) is 0 Å². The fourth-order valence-electron chi connectivity index (χ4n) is 2.57. The number of anilines is 1. The molecular formula is C16H26N2O3. The maximum atomic E-state index is 8.68. The fourth-order valence-corrected chi connectivity index (χ4v) is 2.57. The Kier molecular flexibility index (Phi) is 6.79. The first-order valence-electron chi connectivity index (χ1n) is 7.73. The summed E-state index contributed by atoms with van der Waals surface area (Å²) in [6.07, 6.45) is 0. The van der Waals surface area contributed by atoms with Crippen LogP contribution < -0.4 is 9.64 Å². The van der Waals surface area contributed by atoms with Crippen LogP contribution in [0.25, 0.3) is 0 Å². The quantitative estimate of drug-likeness (QED) is 0.730. The van der Waals surface area contributed by atoms with Crippen LogP contribution >= 0.6 is 0 Å². The Morgan fingerprint density at radius 1 is 1.10 bits per heavy atom. The summed E-state index contributed by atoms with van der Waals surface area (Å²) in [4.78, 5) is 4.78. The smallest absolute Gasteiger partial charge is 0.142 e. The molecule has 0 atom stereocenters. The van der Waals surface area contributed by atoms with Crippen LogP contribution in [-0.2, 0) is 4.74 Å². The normalized spacial score (nSPS) is 16.2. The molecule has 5 heteroatoms. The number of ether oxygens (including phenoxy) is 2. The maximum Gasteiger partial charge on any atom is 0.142 e. The second-order valence-electron chi connectivity index (χ2n) is 5.07. The predicted molar refractivity (Wildman–Crippen MR) is 84.2 cm³/mol. The molecule has 118 valence electrons. The van der Waals surface area contributed by atoms with Crippen LogP contribution in [0.3, 0.4) is 0 Å². The highest BCUT2D eigenvalue weighted by molar-refractivity contribution is 5.58. The summed E-state index contributed by atoms with van der Waals surface area (Å²) in [7, 11) is 0. The molecule has 2 rings (SSSR count). The van der Waals surface area contributed by atoms with Crippen LogP contribution in [0, 0.1) is 0 Å². The van der Waals surface area contributed by atoms with Crippen molar-refractivity contribution in [3.63, 3.8) is 0 Å². The highest BCUT2D eigenvalue weighted by atomic mass is 16.5. The summed E-state index contributed by atoms with van der Waals surface area (Å²) in [6, 6.07) is 8.25. The minimum absolute atomic E-state index is 0.0992. The molecule has 1 aromatic rings. The van der Waals surface area contributed by atoms with Crippen LogP contribution in [0.4, 0.5) is 5.69 Å². The standard InChI is InChI=1S/C16H26N2O3/c1-2-21-16-6-4-3-5-15(16)18-9-7-17(8-10-18)11-13-20-14-12-19/h3-6,19H,2,7-14H2,1H3. The summed E-state index contributed by atoms with van der Waals surface area (Å²) >= 11 is 0. The van der Waals surface area contributed by atoms with Crippen molar-refractivity contribution in [1.82, 2.24) is 4.90 Å². The van der Waals surface area contributed by atoms with E-state index in [9.17, 15) is 0 Å². The molecule has 0 unspecified atom stereocenters. The van der Waals surface area contributed by atoms with Gasteiger partial charge in [0, 0.05) is 32.7 Å². The van der Waals surface area contributed by atoms with Gasteiger partial charge in [0.15, 0.2) is 0 Å². The van der Waals surface area contributed by atoms with Gasteiger partial charge in [-0.05, 0) is 19.1 Å². The number of aliphatic hydroxyl groups excluding tert-OH is 1. The van der Waals surface area contributed by atoms with Crippen LogP contribution in [-0.4, -0.2) is 69.2 Å². The van der Waals surface area contributed by atoms with Gasteiger partial charge in [0.05, 0.1) is 32.1 Å². The number of rotatable bonds is 8. The Morgan fingerprint density at radius 3 is 2.57 bits per heavy atom. The Labute approximate surface area is 127 Å². The lowest BCUT2D eigenvalue weighted by Crippen LogP contribution is -2.47. The molecular weight excluding hydrogens is 268 g/mol. The molecule has 0 bridgehead atoms. The van der Waals surface area contributed by atoms with E-state index in [4.69, 9.17) is 14.6 Å². The third-order valence-corrected chi connectivity index (χ3v) is 3.67. The Morgan fingerprint density at radius 2 is 1.86 bits per heavy atom. The van der Waals surface area contributed by atoms with Crippen LogP contribution in [0.5, 0.6) is 5.75 Å². The molecule has 1 fully saturated rings. The van der Waals surface area contributed by atoms with E-state index in [1.54, 1.807) is 0 Å². The highest BCUT2D eigenvalue weighted by Gasteiger charge is 2.19. The molecule has 0 radical (unpaired) electrons. The van der Waals surface area contributed by atoms with E-state index in [1.165, 1.54) is 5.69 Å². The van der Waals surface area contributed by atoms with Crippen LogP contribution in [0.15, 0.2) is 24.3 Å². The molecule has 0 aliphatic carbocycles. The first-order chi connectivity index (χ1) is 10.3. The minimum atomic E-state index is 0.0992. The van der Waals surface area contributed by atoms with Crippen molar-refractivity contribution < 1.29 is 14.6 Å². The van der Waals surface area contributed by atoms with Gasteiger partial charge in [0.25, 0.3) is 0 Å². The van der Waals surface area contributed by atoms with Gasteiger partial charge in [0.2, 0.25) is 0 Å². The number of benzene rings is 1. The second-order valence-corrected chi connectivity index (χ2v) is 5.07. The molecule has 1 heterocycles. The summed E-state index contributed by atoms with van der Waals surface area (Å²) in [5.74, 6) is 0.972. The number of aliphatic hydroxyl groups is 1. The van der Waals surface area contributed by atoms with Crippen molar-refractivity contribution >= 4 is 5.69 Å². The SMILES string of the molecule is CCOc1ccccc1N1CCN(CCOCCO)CC1. The summed E-state index contributed by atoms with van der Waals surface area (Å²) < 4.78 is 11.0. The molecule has 1 N–H and O–H groups in total. The van der Waals surface area contributed by atoms with Gasteiger partial charge in [-0.25, -0.2) is 0 Å². The van der Waals surface area contributed by atoms with Crippen molar-refractivity contribution in [2.24, 2.45) is 0 Å². The zero-order chi connectivity index (χ0) is 14.9. The first-order valence-corrected chi connectivity index (χ1v) is 7.73. The summed E-state index contributed by atoms with van der Waals surface area (Å²) in [6.45, 7) is 8.93. The molecule has 1 aliphatic rings. The van der Waals surface area contributed by atoms with Gasteiger partial charge in [-0.2, -0.15) is 0 Å². The maximum absolute atomic E-state index is 8.68. The predicted octanol–water partition coefficient (Wildman–Crippen LogP) is 1.22. The molecule has 0 amide bonds. The summed E-state index contributed by atoms with van der Waals surface area (Å²) in [5, 5.41) is 8.68. The van der Waals surface area contributed by atoms with Crippen molar-refractivity contribution in [1.29, 1.82) is 0 Å². The molecule has 0 spiro atoms. The lowest BCUT2D eigenvalue weighted by Gasteiger charge is -2.36. The Hall–Kier alpha value is -1.30. The fraction of sp³-hybridized carbons (Fsp3) is 0.625. The molecule has 0 saturated carbocycles. The zero-order valence-electron chi connectivity index (χ0n) is 12.8. The number of nitrogens with zero attached hydrogens (tertiary/aromatic N) is 2. The van der Waals surface area contributed by atoms with Crippen molar-refractivity contribution in [3.05, 3.63) is 24.3 Å². The van der Waals surface area contributed by atoms with E-state index in [0.717, 1.165) is 38.5 Å².